The molecule has 2 N–H and O–H groups in total. The van der Waals surface area contributed by atoms with Crippen LogP contribution in [0.5, 0.6) is 0 Å². The van der Waals surface area contributed by atoms with Gasteiger partial charge in [-0.3, -0.25) is 0 Å². The number of halogens is 1. The Morgan fingerprint density at radius 1 is 1.23 bits per heavy atom. The summed E-state index contributed by atoms with van der Waals surface area (Å²) in [6, 6.07) is 8.45. The first-order valence-electron chi connectivity index (χ1n) is 6.76. The third-order valence-electron chi connectivity index (χ3n) is 2.85. The molecule has 1 aromatic carbocycles. The van der Waals surface area contributed by atoms with Crippen LogP contribution < -0.4 is 15.5 Å². The number of aryl methyl sites for hydroxylation is 1. The minimum absolute atomic E-state index is 0.252. The van der Waals surface area contributed by atoms with Gasteiger partial charge >= 0.3 is 6.03 Å². The fourth-order valence-corrected chi connectivity index (χ4v) is 1.91. The zero-order valence-corrected chi connectivity index (χ0v) is 13.5. The highest BCUT2D eigenvalue weighted by atomic mass is 35.5. The lowest BCUT2D eigenvalue weighted by molar-refractivity contribution is 0.251. The van der Waals surface area contributed by atoms with E-state index >= 15 is 0 Å². The first kappa shape index (κ1) is 16.0. The molecule has 0 saturated carbocycles. The van der Waals surface area contributed by atoms with Crippen molar-refractivity contribution in [2.45, 2.75) is 13.5 Å². The van der Waals surface area contributed by atoms with E-state index in [0.717, 1.165) is 11.5 Å². The number of carbonyl (C=O) groups is 1. The molecule has 0 spiro atoms. The topological polar surface area (TPSA) is 70.2 Å². The predicted octanol–water partition coefficient (Wildman–Crippen LogP) is 2.83. The third kappa shape index (κ3) is 4.60. The maximum absolute atomic E-state index is 11.9. The molecule has 2 amide bonds. The van der Waals surface area contributed by atoms with E-state index in [1.54, 1.807) is 24.3 Å². The second kappa shape index (κ2) is 7.09. The average Bonchev–Trinajstić information content (AvgIpc) is 2.47. The van der Waals surface area contributed by atoms with Crippen LogP contribution in [-0.4, -0.2) is 30.1 Å². The van der Waals surface area contributed by atoms with Crippen molar-refractivity contribution in [3.63, 3.8) is 0 Å². The van der Waals surface area contributed by atoms with E-state index in [2.05, 4.69) is 20.6 Å². The summed E-state index contributed by atoms with van der Waals surface area (Å²) in [6.45, 7) is 2.15. The van der Waals surface area contributed by atoms with Gasteiger partial charge in [-0.2, -0.15) is 0 Å². The lowest BCUT2D eigenvalue weighted by Gasteiger charge is -2.13. The van der Waals surface area contributed by atoms with Gasteiger partial charge in [-0.15, -0.1) is 0 Å². The Kier molecular flexibility index (Phi) is 5.16. The van der Waals surface area contributed by atoms with Crippen molar-refractivity contribution in [2.24, 2.45) is 0 Å². The predicted molar refractivity (Wildman–Crippen MR) is 88.4 cm³/mol. The summed E-state index contributed by atoms with van der Waals surface area (Å²) in [4.78, 5) is 22.4. The van der Waals surface area contributed by atoms with E-state index in [1.807, 2.05) is 32.0 Å². The zero-order chi connectivity index (χ0) is 16.1. The Labute approximate surface area is 134 Å². The van der Waals surface area contributed by atoms with Crippen LogP contribution in [0.15, 0.2) is 30.3 Å². The number of urea groups is 1. The largest absolute Gasteiger partial charge is 0.363 e. The molecule has 7 heteroatoms. The Bertz CT molecular complexity index is 657. The molecule has 0 fully saturated rings. The number of amides is 2. The van der Waals surface area contributed by atoms with Crippen LogP contribution in [0.1, 0.15) is 11.5 Å². The van der Waals surface area contributed by atoms with Crippen LogP contribution in [-0.2, 0) is 6.54 Å². The molecule has 0 aliphatic rings. The molecule has 6 nitrogen and oxygen atoms in total. The summed E-state index contributed by atoms with van der Waals surface area (Å²) in [6.07, 6.45) is 0. The van der Waals surface area contributed by atoms with Crippen molar-refractivity contribution < 1.29 is 4.79 Å². The molecule has 0 saturated heterocycles. The molecule has 22 heavy (non-hydrogen) atoms. The monoisotopic (exact) mass is 319 g/mol. The van der Waals surface area contributed by atoms with Crippen molar-refractivity contribution >= 4 is 29.1 Å². The molecule has 0 radical (unpaired) electrons. The van der Waals surface area contributed by atoms with Crippen molar-refractivity contribution in [1.29, 1.82) is 0 Å². The van der Waals surface area contributed by atoms with Gasteiger partial charge in [0, 0.05) is 36.6 Å². The van der Waals surface area contributed by atoms with Gasteiger partial charge in [0.2, 0.25) is 0 Å². The summed E-state index contributed by atoms with van der Waals surface area (Å²) >= 11 is 5.80. The number of anilines is 2. The SMILES string of the molecule is Cc1cc(N(C)C)nc(CNC(=O)Nc2ccc(Cl)cc2)n1. The van der Waals surface area contributed by atoms with Crippen molar-refractivity contribution in [1.82, 2.24) is 15.3 Å². The van der Waals surface area contributed by atoms with Crippen LogP contribution in [0.4, 0.5) is 16.3 Å². The first-order valence-corrected chi connectivity index (χ1v) is 7.14. The van der Waals surface area contributed by atoms with Gasteiger partial charge in [0.25, 0.3) is 0 Å². The smallest absolute Gasteiger partial charge is 0.319 e. The normalized spacial score (nSPS) is 10.2. The average molecular weight is 320 g/mol. The molecule has 1 aromatic heterocycles. The molecule has 0 aliphatic heterocycles. The number of benzene rings is 1. The maximum atomic E-state index is 11.9. The van der Waals surface area contributed by atoms with Crippen molar-refractivity contribution in [2.75, 3.05) is 24.3 Å². The van der Waals surface area contributed by atoms with Crippen LogP contribution in [0.2, 0.25) is 5.02 Å². The molecule has 2 aromatic rings. The summed E-state index contributed by atoms with van der Waals surface area (Å²) in [7, 11) is 3.82. The van der Waals surface area contributed by atoms with Gasteiger partial charge < -0.3 is 15.5 Å². The Balaban J connectivity index is 1.94. The molecule has 1 heterocycles. The lowest BCUT2D eigenvalue weighted by Crippen LogP contribution is -2.29. The number of hydrogen-bond acceptors (Lipinski definition) is 4. The van der Waals surface area contributed by atoms with Crippen molar-refractivity contribution in [3.8, 4) is 0 Å². The number of nitrogens with zero attached hydrogens (tertiary/aromatic N) is 3. The molecule has 0 bridgehead atoms. The fraction of sp³-hybridized carbons (Fsp3) is 0.267. The second-order valence-corrected chi connectivity index (χ2v) is 5.43. The molecule has 116 valence electrons. The maximum Gasteiger partial charge on any atom is 0.319 e. The number of nitrogens with one attached hydrogen (secondary N) is 2. The van der Waals surface area contributed by atoms with E-state index in [-0.39, 0.29) is 12.6 Å². The molecular formula is C15H18ClN5O. The van der Waals surface area contributed by atoms with Crippen LogP contribution in [0.3, 0.4) is 0 Å². The fourth-order valence-electron chi connectivity index (χ4n) is 1.79. The van der Waals surface area contributed by atoms with Gasteiger partial charge in [-0.25, -0.2) is 14.8 Å². The molecule has 0 atom stereocenters. The minimum atomic E-state index is -0.321. The first-order chi connectivity index (χ1) is 10.4. The third-order valence-corrected chi connectivity index (χ3v) is 3.11. The van der Waals surface area contributed by atoms with Gasteiger partial charge in [0.1, 0.15) is 11.6 Å². The van der Waals surface area contributed by atoms with E-state index in [1.165, 1.54) is 0 Å². The van der Waals surface area contributed by atoms with Gasteiger partial charge in [-0.05, 0) is 31.2 Å². The van der Waals surface area contributed by atoms with Gasteiger partial charge in [-0.1, -0.05) is 11.6 Å². The van der Waals surface area contributed by atoms with E-state index in [4.69, 9.17) is 11.6 Å². The van der Waals surface area contributed by atoms with Gasteiger partial charge in [0.15, 0.2) is 0 Å². The Morgan fingerprint density at radius 2 is 1.91 bits per heavy atom. The lowest BCUT2D eigenvalue weighted by atomic mass is 10.3. The van der Waals surface area contributed by atoms with E-state index in [0.29, 0.717) is 16.5 Å². The Hall–Kier alpha value is -2.34. The number of carbonyl (C=O) groups excluding carboxylic acids is 1. The van der Waals surface area contributed by atoms with Crippen LogP contribution in [0.25, 0.3) is 0 Å². The highest BCUT2D eigenvalue weighted by molar-refractivity contribution is 6.30. The van der Waals surface area contributed by atoms with Crippen LogP contribution >= 0.6 is 11.6 Å². The van der Waals surface area contributed by atoms with Crippen molar-refractivity contribution in [3.05, 3.63) is 46.9 Å². The van der Waals surface area contributed by atoms with E-state index in [9.17, 15) is 4.79 Å². The standard InChI is InChI=1S/C15H18ClN5O/c1-10-8-14(21(2)3)20-13(18-10)9-17-15(22)19-12-6-4-11(16)5-7-12/h4-8H,9H2,1-3H3,(H2,17,19,22). The van der Waals surface area contributed by atoms with E-state index < -0.39 is 0 Å². The highest BCUT2D eigenvalue weighted by Crippen LogP contribution is 2.13. The van der Waals surface area contributed by atoms with Crippen LogP contribution in [0, 0.1) is 6.92 Å². The molecule has 0 unspecified atom stereocenters. The number of aromatic nitrogens is 2. The zero-order valence-electron chi connectivity index (χ0n) is 12.7. The summed E-state index contributed by atoms with van der Waals surface area (Å²) < 4.78 is 0. The minimum Gasteiger partial charge on any atom is -0.363 e. The molecular weight excluding hydrogens is 302 g/mol. The summed E-state index contributed by atoms with van der Waals surface area (Å²) in [5, 5.41) is 6.07. The van der Waals surface area contributed by atoms with Gasteiger partial charge in [0.05, 0.1) is 6.54 Å². The number of hydrogen-bond donors (Lipinski definition) is 2. The Morgan fingerprint density at radius 3 is 2.55 bits per heavy atom. The second-order valence-electron chi connectivity index (χ2n) is 4.99. The highest BCUT2D eigenvalue weighted by Gasteiger charge is 2.06. The molecule has 0 aliphatic carbocycles. The molecule has 2 rings (SSSR count). The number of rotatable bonds is 4. The summed E-state index contributed by atoms with van der Waals surface area (Å²) in [5.41, 5.74) is 1.52. The quantitative estimate of drug-likeness (QED) is 0.909. The summed E-state index contributed by atoms with van der Waals surface area (Å²) in [5.74, 6) is 1.37.